The van der Waals surface area contributed by atoms with Crippen LogP contribution in [0.15, 0.2) is 45.8 Å². The quantitative estimate of drug-likeness (QED) is 0.657. The van der Waals surface area contributed by atoms with Crippen molar-refractivity contribution in [3.8, 4) is 5.75 Å². The molecule has 104 valence electrons. The van der Waals surface area contributed by atoms with Crippen LogP contribution in [0.3, 0.4) is 0 Å². The zero-order valence-corrected chi connectivity index (χ0v) is 13.6. The summed E-state index contributed by atoms with van der Waals surface area (Å²) in [6.07, 6.45) is 1.22. The summed E-state index contributed by atoms with van der Waals surface area (Å²) in [5, 5.41) is 0. The number of thioether (sulfide) groups is 1. The van der Waals surface area contributed by atoms with Crippen LogP contribution in [-0.4, -0.2) is 11.9 Å². The fourth-order valence-electron chi connectivity index (χ4n) is 2.36. The van der Waals surface area contributed by atoms with Crippen LogP contribution in [0.2, 0.25) is 0 Å². The highest BCUT2D eigenvalue weighted by atomic mass is 79.9. The molecule has 0 aliphatic carbocycles. The van der Waals surface area contributed by atoms with Crippen molar-refractivity contribution >= 4 is 33.4 Å². The number of nitrogens with two attached hydrogens (primary N) is 1. The molecule has 2 N–H and O–H groups in total. The molecule has 1 atom stereocenters. The minimum Gasteiger partial charge on any atom is -0.489 e. The third-order valence-electron chi connectivity index (χ3n) is 3.36. The summed E-state index contributed by atoms with van der Waals surface area (Å²) in [4.78, 5) is 1.11. The first-order valence-electron chi connectivity index (χ1n) is 6.56. The number of nitrogen functional groups attached to an aromatic ring is 1. The van der Waals surface area contributed by atoms with E-state index in [1.807, 2.05) is 12.1 Å². The molecule has 0 aromatic heterocycles. The van der Waals surface area contributed by atoms with Crippen molar-refractivity contribution in [1.29, 1.82) is 0 Å². The number of fused-ring (bicyclic) bond motifs is 1. The lowest BCUT2D eigenvalue weighted by atomic mass is 10.1. The van der Waals surface area contributed by atoms with E-state index in [2.05, 4.69) is 47.1 Å². The van der Waals surface area contributed by atoms with E-state index in [1.165, 1.54) is 11.1 Å². The zero-order valence-electron chi connectivity index (χ0n) is 11.2. The Morgan fingerprint density at radius 2 is 2.15 bits per heavy atom. The van der Waals surface area contributed by atoms with Crippen LogP contribution >= 0.6 is 27.7 Å². The number of hydrogen-bond acceptors (Lipinski definition) is 3. The van der Waals surface area contributed by atoms with Gasteiger partial charge in [0.05, 0.1) is 0 Å². The van der Waals surface area contributed by atoms with Crippen LogP contribution < -0.4 is 10.5 Å². The fraction of sp³-hybridized carbons (Fsp3) is 0.250. The molecule has 1 unspecified atom stereocenters. The second-order valence-corrected chi connectivity index (χ2v) is 7.03. The highest BCUT2D eigenvalue weighted by molar-refractivity contribution is 9.10. The van der Waals surface area contributed by atoms with Gasteiger partial charge in [-0.15, -0.1) is 11.8 Å². The maximum absolute atomic E-state index is 6.00. The van der Waals surface area contributed by atoms with Crippen LogP contribution in [0.25, 0.3) is 0 Å². The van der Waals surface area contributed by atoms with Crippen molar-refractivity contribution in [3.05, 3.63) is 52.0 Å². The van der Waals surface area contributed by atoms with Gasteiger partial charge >= 0.3 is 0 Å². The van der Waals surface area contributed by atoms with Crippen molar-refractivity contribution in [2.24, 2.45) is 0 Å². The average Bonchev–Trinajstić information content (AvgIpc) is 2.81. The molecule has 4 heteroatoms. The van der Waals surface area contributed by atoms with Gasteiger partial charge in [-0.3, -0.25) is 0 Å². The second kappa shape index (κ2) is 5.70. The van der Waals surface area contributed by atoms with Crippen molar-refractivity contribution in [3.63, 3.8) is 0 Å². The molecule has 2 nitrogen and oxygen atoms in total. The average molecular weight is 350 g/mol. The second-order valence-electron chi connectivity index (χ2n) is 5.05. The number of aryl methyl sites for hydroxylation is 1. The van der Waals surface area contributed by atoms with Gasteiger partial charge in [-0.1, -0.05) is 33.6 Å². The molecule has 3 rings (SSSR count). The van der Waals surface area contributed by atoms with Crippen LogP contribution in [0.4, 0.5) is 5.69 Å². The van der Waals surface area contributed by atoms with Crippen LogP contribution in [-0.2, 0) is 6.42 Å². The lowest BCUT2D eigenvalue weighted by Crippen LogP contribution is -2.15. The molecule has 2 aromatic rings. The molecule has 0 spiro atoms. The number of halogens is 1. The van der Waals surface area contributed by atoms with E-state index >= 15 is 0 Å². The molecule has 0 bridgehead atoms. The minimum absolute atomic E-state index is 0.232. The van der Waals surface area contributed by atoms with E-state index in [0.717, 1.165) is 33.0 Å². The molecule has 0 amide bonds. The maximum Gasteiger partial charge on any atom is 0.123 e. The third-order valence-corrected chi connectivity index (χ3v) is 5.05. The van der Waals surface area contributed by atoms with E-state index in [4.69, 9.17) is 10.5 Å². The topological polar surface area (TPSA) is 35.2 Å². The monoisotopic (exact) mass is 349 g/mol. The Hall–Kier alpha value is -1.13. The Bertz CT molecular complexity index is 644. The summed E-state index contributed by atoms with van der Waals surface area (Å²) in [5.41, 5.74) is 9.43. The smallest absolute Gasteiger partial charge is 0.123 e. The lowest BCUT2D eigenvalue weighted by Gasteiger charge is -2.11. The molecule has 0 radical (unpaired) electrons. The summed E-state index contributed by atoms with van der Waals surface area (Å²) < 4.78 is 7.04. The van der Waals surface area contributed by atoms with Gasteiger partial charge in [-0.25, -0.2) is 0 Å². The first-order chi connectivity index (χ1) is 9.61. The maximum atomic E-state index is 6.00. The molecule has 1 heterocycles. The highest BCUT2D eigenvalue weighted by Gasteiger charge is 2.23. The molecular formula is C16H16BrNOS. The number of rotatable bonds is 3. The van der Waals surface area contributed by atoms with Crippen LogP contribution in [0, 0.1) is 6.92 Å². The van der Waals surface area contributed by atoms with E-state index in [0.29, 0.717) is 0 Å². The predicted molar refractivity (Wildman–Crippen MR) is 88.6 cm³/mol. The van der Waals surface area contributed by atoms with Crippen molar-refractivity contribution < 1.29 is 4.74 Å². The largest absolute Gasteiger partial charge is 0.489 e. The van der Waals surface area contributed by atoms with Crippen LogP contribution in [0.5, 0.6) is 5.75 Å². The van der Waals surface area contributed by atoms with E-state index in [9.17, 15) is 0 Å². The number of anilines is 1. The fourth-order valence-corrected chi connectivity index (χ4v) is 3.87. The Morgan fingerprint density at radius 3 is 3.00 bits per heavy atom. The standard InChI is InChI=1S/C16H16BrNOS/c1-10-2-5-15-11(6-10)7-13(19-15)9-20-16-8-12(17)3-4-14(16)18/h2-6,8,13H,7,9,18H2,1H3. The molecule has 20 heavy (non-hydrogen) atoms. The first kappa shape index (κ1) is 13.8. The lowest BCUT2D eigenvalue weighted by molar-refractivity contribution is 0.259. The van der Waals surface area contributed by atoms with Gasteiger partial charge < -0.3 is 10.5 Å². The van der Waals surface area contributed by atoms with Gasteiger partial charge in [0.2, 0.25) is 0 Å². The minimum atomic E-state index is 0.232. The summed E-state index contributed by atoms with van der Waals surface area (Å²) in [7, 11) is 0. The Morgan fingerprint density at radius 1 is 1.30 bits per heavy atom. The normalized spacial score (nSPS) is 16.8. The summed E-state index contributed by atoms with van der Waals surface area (Å²) in [5.74, 6) is 1.94. The Kier molecular flexibility index (Phi) is 3.94. The van der Waals surface area contributed by atoms with Gasteiger partial charge in [-0.05, 0) is 36.8 Å². The molecular weight excluding hydrogens is 334 g/mol. The highest BCUT2D eigenvalue weighted by Crippen LogP contribution is 2.34. The summed E-state index contributed by atoms with van der Waals surface area (Å²) in [6, 6.07) is 12.3. The molecule has 0 saturated carbocycles. The Labute approximate surface area is 131 Å². The van der Waals surface area contributed by atoms with Gasteiger partial charge in [0.1, 0.15) is 11.9 Å². The van der Waals surface area contributed by atoms with E-state index in [-0.39, 0.29) is 6.10 Å². The predicted octanol–water partition coefficient (Wildman–Crippen LogP) is 4.44. The number of hydrogen-bond donors (Lipinski definition) is 1. The van der Waals surface area contributed by atoms with Gasteiger partial charge in [-0.2, -0.15) is 0 Å². The number of ether oxygens (including phenoxy) is 1. The SMILES string of the molecule is Cc1ccc2c(c1)CC(CSc1cc(Br)ccc1N)O2. The third kappa shape index (κ3) is 2.96. The van der Waals surface area contributed by atoms with Crippen molar-refractivity contribution in [2.75, 3.05) is 11.5 Å². The number of benzene rings is 2. The first-order valence-corrected chi connectivity index (χ1v) is 8.33. The van der Waals surface area contributed by atoms with Gasteiger partial charge in [0.15, 0.2) is 0 Å². The molecule has 1 aliphatic rings. The Balaban J connectivity index is 1.65. The van der Waals surface area contributed by atoms with E-state index in [1.54, 1.807) is 11.8 Å². The molecule has 0 fully saturated rings. The zero-order chi connectivity index (χ0) is 14.1. The van der Waals surface area contributed by atoms with Crippen molar-refractivity contribution in [2.45, 2.75) is 24.3 Å². The summed E-state index contributed by atoms with van der Waals surface area (Å²) in [6.45, 7) is 2.12. The van der Waals surface area contributed by atoms with Gasteiger partial charge in [0.25, 0.3) is 0 Å². The van der Waals surface area contributed by atoms with Crippen molar-refractivity contribution in [1.82, 2.24) is 0 Å². The van der Waals surface area contributed by atoms with E-state index < -0.39 is 0 Å². The summed E-state index contributed by atoms with van der Waals surface area (Å²) >= 11 is 5.23. The van der Waals surface area contributed by atoms with Gasteiger partial charge in [0, 0.05) is 27.2 Å². The molecule has 2 aromatic carbocycles. The molecule has 1 aliphatic heterocycles. The molecule has 0 saturated heterocycles. The van der Waals surface area contributed by atoms with Crippen LogP contribution in [0.1, 0.15) is 11.1 Å².